The number of hydrogen-bond acceptors (Lipinski definition) is 4. The molecule has 0 spiro atoms. The van der Waals surface area contributed by atoms with Gasteiger partial charge >= 0.3 is 0 Å². The summed E-state index contributed by atoms with van der Waals surface area (Å²) >= 11 is 5.85. The molecule has 2 rings (SSSR count). The zero-order valence-electron chi connectivity index (χ0n) is 10.5. The number of hydrogen-bond donors (Lipinski definition) is 2. The minimum Gasteiger partial charge on any atom is -0.382 e. The van der Waals surface area contributed by atoms with Crippen molar-refractivity contribution in [2.75, 3.05) is 11.9 Å². The van der Waals surface area contributed by atoms with Crippen LogP contribution in [0.5, 0.6) is 0 Å². The van der Waals surface area contributed by atoms with Crippen molar-refractivity contribution in [1.82, 2.24) is 9.97 Å². The zero-order chi connectivity index (χ0) is 13.8. The maximum Gasteiger partial charge on any atom is 0.158 e. The van der Waals surface area contributed by atoms with Crippen LogP contribution in [0, 0.1) is 5.41 Å². The normalized spacial score (nSPS) is 10.2. The molecule has 98 valence electrons. The number of rotatable bonds is 4. The van der Waals surface area contributed by atoms with Crippen LogP contribution in [0.4, 0.5) is 5.82 Å². The van der Waals surface area contributed by atoms with Crippen LogP contribution in [0.15, 0.2) is 36.7 Å². The first-order valence-corrected chi connectivity index (χ1v) is 6.06. The van der Waals surface area contributed by atoms with Gasteiger partial charge in [0.25, 0.3) is 0 Å². The quantitative estimate of drug-likeness (QED) is 0.661. The smallest absolute Gasteiger partial charge is 0.158 e. The topological polar surface area (TPSA) is 78.9 Å². The molecular weight excluding hydrogens is 262 g/mol. The highest BCUT2D eigenvalue weighted by Gasteiger charge is 2.12. The Kier molecular flexibility index (Phi) is 3.97. The minimum atomic E-state index is -0.0916. The van der Waals surface area contributed by atoms with Gasteiger partial charge in [0, 0.05) is 31.0 Å². The Morgan fingerprint density at radius 1 is 1.26 bits per heavy atom. The van der Waals surface area contributed by atoms with Gasteiger partial charge in [-0.25, -0.2) is 9.97 Å². The summed E-state index contributed by atoms with van der Waals surface area (Å²) < 4.78 is 0. The fourth-order valence-corrected chi connectivity index (χ4v) is 1.86. The van der Waals surface area contributed by atoms with Crippen LogP contribution in [-0.4, -0.2) is 22.9 Å². The van der Waals surface area contributed by atoms with E-state index >= 15 is 0 Å². The van der Waals surface area contributed by atoms with E-state index in [1.54, 1.807) is 6.20 Å². The van der Waals surface area contributed by atoms with Gasteiger partial charge in [-0.15, -0.1) is 0 Å². The second kappa shape index (κ2) is 5.67. The highest BCUT2D eigenvalue weighted by Crippen LogP contribution is 2.17. The van der Waals surface area contributed by atoms with Crippen molar-refractivity contribution in [1.29, 1.82) is 5.41 Å². The van der Waals surface area contributed by atoms with Gasteiger partial charge < -0.3 is 10.6 Å². The van der Waals surface area contributed by atoms with E-state index in [-0.39, 0.29) is 5.84 Å². The third-order valence-corrected chi connectivity index (χ3v) is 2.88. The summed E-state index contributed by atoms with van der Waals surface area (Å²) in [6.45, 7) is 0.635. The molecule has 0 aliphatic carbocycles. The summed E-state index contributed by atoms with van der Waals surface area (Å²) in [5.41, 5.74) is 6.98. The number of aromatic nitrogens is 2. The van der Waals surface area contributed by atoms with Gasteiger partial charge in [0.05, 0.1) is 0 Å². The predicted octanol–water partition coefficient (Wildman–Crippen LogP) is 2.05. The highest BCUT2D eigenvalue weighted by molar-refractivity contribution is 6.30. The molecule has 0 amide bonds. The second-order valence-electron chi connectivity index (χ2n) is 4.12. The number of nitrogen functional groups attached to an aromatic ring is 1. The predicted molar refractivity (Wildman–Crippen MR) is 76.6 cm³/mol. The van der Waals surface area contributed by atoms with E-state index in [0.717, 1.165) is 5.56 Å². The third-order valence-electron chi connectivity index (χ3n) is 2.63. The fraction of sp³-hybridized carbons (Fsp3) is 0.154. The molecule has 1 aromatic heterocycles. The summed E-state index contributed by atoms with van der Waals surface area (Å²) in [5.74, 6) is 0.496. The van der Waals surface area contributed by atoms with Gasteiger partial charge in [0.2, 0.25) is 0 Å². The molecule has 0 saturated heterocycles. The molecule has 0 fully saturated rings. The summed E-state index contributed by atoms with van der Waals surface area (Å²) in [4.78, 5) is 10.2. The molecule has 0 unspecified atom stereocenters. The molecule has 1 heterocycles. The average molecular weight is 276 g/mol. The molecule has 2 aromatic rings. The first kappa shape index (κ1) is 13.3. The molecule has 0 atom stereocenters. The van der Waals surface area contributed by atoms with Crippen molar-refractivity contribution in [3.8, 4) is 0 Å². The van der Waals surface area contributed by atoms with Crippen LogP contribution in [0.1, 0.15) is 11.3 Å². The van der Waals surface area contributed by atoms with E-state index in [0.29, 0.717) is 23.1 Å². The zero-order valence-corrected chi connectivity index (χ0v) is 11.2. The molecule has 0 aliphatic heterocycles. The van der Waals surface area contributed by atoms with Crippen LogP contribution in [0.3, 0.4) is 0 Å². The minimum absolute atomic E-state index is 0.0916. The maximum atomic E-state index is 7.51. The molecule has 1 aromatic carbocycles. The van der Waals surface area contributed by atoms with Crippen LogP contribution in [-0.2, 0) is 6.54 Å². The van der Waals surface area contributed by atoms with Crippen molar-refractivity contribution in [3.05, 3.63) is 52.9 Å². The van der Waals surface area contributed by atoms with E-state index in [1.807, 2.05) is 36.2 Å². The molecule has 0 saturated carbocycles. The van der Waals surface area contributed by atoms with Crippen molar-refractivity contribution in [2.24, 2.45) is 5.73 Å². The monoisotopic (exact) mass is 275 g/mol. The van der Waals surface area contributed by atoms with Gasteiger partial charge in [0.1, 0.15) is 11.5 Å². The molecular formula is C13H14ClN5. The Morgan fingerprint density at radius 3 is 2.53 bits per heavy atom. The van der Waals surface area contributed by atoms with E-state index in [4.69, 9.17) is 22.7 Å². The van der Waals surface area contributed by atoms with Gasteiger partial charge in [-0.2, -0.15) is 0 Å². The van der Waals surface area contributed by atoms with E-state index in [1.165, 1.54) is 6.20 Å². The third kappa shape index (κ3) is 3.20. The Morgan fingerprint density at radius 2 is 1.89 bits per heavy atom. The van der Waals surface area contributed by atoms with Crippen molar-refractivity contribution in [2.45, 2.75) is 6.54 Å². The van der Waals surface area contributed by atoms with E-state index < -0.39 is 0 Å². The number of anilines is 1. The Labute approximate surface area is 116 Å². The van der Waals surface area contributed by atoms with Crippen LogP contribution < -0.4 is 10.6 Å². The molecule has 0 radical (unpaired) electrons. The standard InChI is InChI=1S/C13H14ClN5/c1-19(8-9-2-4-10(14)5-3-9)13-11(12(15)16)17-6-7-18-13/h2-7H,8H2,1H3,(H3,15,16). The first-order chi connectivity index (χ1) is 9.08. The lowest BCUT2D eigenvalue weighted by Gasteiger charge is -2.20. The summed E-state index contributed by atoms with van der Waals surface area (Å²) in [5, 5.41) is 8.21. The number of halogens is 1. The van der Waals surface area contributed by atoms with E-state index in [9.17, 15) is 0 Å². The highest BCUT2D eigenvalue weighted by atomic mass is 35.5. The summed E-state index contributed by atoms with van der Waals surface area (Å²) in [6, 6.07) is 7.58. The molecule has 0 bridgehead atoms. The fourth-order valence-electron chi connectivity index (χ4n) is 1.74. The lowest BCUT2D eigenvalue weighted by Crippen LogP contribution is -2.24. The SMILES string of the molecule is CN(Cc1ccc(Cl)cc1)c1nccnc1C(=N)N. The number of amidine groups is 1. The van der Waals surface area contributed by atoms with Crippen LogP contribution in [0.25, 0.3) is 0 Å². The summed E-state index contributed by atoms with van der Waals surface area (Å²) in [7, 11) is 1.88. The Hall–Kier alpha value is -2.14. The van der Waals surface area contributed by atoms with Gasteiger partial charge in [-0.1, -0.05) is 23.7 Å². The Balaban J connectivity index is 2.22. The number of nitrogens with zero attached hydrogens (tertiary/aromatic N) is 3. The lowest BCUT2D eigenvalue weighted by atomic mass is 10.2. The molecule has 19 heavy (non-hydrogen) atoms. The maximum absolute atomic E-state index is 7.51. The number of benzene rings is 1. The first-order valence-electron chi connectivity index (χ1n) is 5.69. The molecule has 0 aliphatic rings. The molecule has 5 nitrogen and oxygen atoms in total. The molecule has 6 heteroatoms. The van der Waals surface area contributed by atoms with Crippen molar-refractivity contribution >= 4 is 23.3 Å². The Bertz CT molecular complexity index is 582. The van der Waals surface area contributed by atoms with Crippen molar-refractivity contribution in [3.63, 3.8) is 0 Å². The van der Waals surface area contributed by atoms with Gasteiger partial charge in [0.15, 0.2) is 5.82 Å². The van der Waals surface area contributed by atoms with Crippen LogP contribution >= 0.6 is 11.6 Å². The average Bonchev–Trinajstić information content (AvgIpc) is 2.41. The summed E-state index contributed by atoms with van der Waals surface area (Å²) in [6.07, 6.45) is 3.11. The van der Waals surface area contributed by atoms with E-state index in [2.05, 4.69) is 9.97 Å². The second-order valence-corrected chi connectivity index (χ2v) is 4.56. The number of nitrogens with one attached hydrogen (secondary N) is 1. The van der Waals surface area contributed by atoms with Crippen LogP contribution in [0.2, 0.25) is 5.02 Å². The number of nitrogens with two attached hydrogens (primary N) is 1. The van der Waals surface area contributed by atoms with Crippen molar-refractivity contribution < 1.29 is 0 Å². The lowest BCUT2D eigenvalue weighted by molar-refractivity contribution is 0.886. The van der Waals surface area contributed by atoms with Gasteiger partial charge in [-0.3, -0.25) is 5.41 Å². The van der Waals surface area contributed by atoms with Gasteiger partial charge in [-0.05, 0) is 17.7 Å². The largest absolute Gasteiger partial charge is 0.382 e. The molecule has 3 N–H and O–H groups in total.